The highest BCUT2D eigenvalue weighted by molar-refractivity contribution is 7.92. The number of hydrogen-bond acceptors (Lipinski definition) is 6. The topological polar surface area (TPSA) is 103 Å². The molecule has 0 radical (unpaired) electrons. The number of halogens is 1. The van der Waals surface area contributed by atoms with E-state index in [1.54, 1.807) is 48.5 Å². The number of methoxy groups -OCH3 is 1. The van der Waals surface area contributed by atoms with Crippen LogP contribution in [0.3, 0.4) is 0 Å². The monoisotopic (exact) mass is 538 g/mol. The second-order valence-electron chi connectivity index (χ2n) is 7.70. The van der Waals surface area contributed by atoms with Gasteiger partial charge in [-0.2, -0.15) is 0 Å². The quantitative estimate of drug-likeness (QED) is 0.258. The van der Waals surface area contributed by atoms with E-state index in [0.717, 1.165) is 0 Å². The molecule has 0 saturated carbocycles. The van der Waals surface area contributed by atoms with Crippen molar-refractivity contribution in [2.24, 2.45) is 0 Å². The SMILES string of the molecule is COc1ccc(NS(=O)(=O)c2ccc(OCC(=O)Nc3ccc(Oc4ccccc4)cc3)c(Cl)c2)cc1. The molecule has 8 nitrogen and oxygen atoms in total. The lowest BCUT2D eigenvalue weighted by Crippen LogP contribution is -2.20. The number of benzene rings is 4. The Labute approximate surface area is 219 Å². The number of para-hydroxylation sites is 1. The van der Waals surface area contributed by atoms with Crippen molar-refractivity contribution in [3.8, 4) is 23.0 Å². The Hall–Kier alpha value is -4.21. The number of ether oxygens (including phenoxy) is 3. The molecule has 0 fully saturated rings. The summed E-state index contributed by atoms with van der Waals surface area (Å²) in [7, 11) is -2.37. The zero-order chi connectivity index (χ0) is 26.3. The lowest BCUT2D eigenvalue weighted by atomic mass is 10.3. The first-order valence-electron chi connectivity index (χ1n) is 11.0. The third-order valence-electron chi connectivity index (χ3n) is 5.03. The van der Waals surface area contributed by atoms with Crippen LogP contribution in [-0.2, 0) is 14.8 Å². The predicted octanol–water partition coefficient (Wildman–Crippen LogP) is 5.96. The lowest BCUT2D eigenvalue weighted by Gasteiger charge is -2.12. The maximum Gasteiger partial charge on any atom is 0.262 e. The molecule has 0 bridgehead atoms. The van der Waals surface area contributed by atoms with Gasteiger partial charge in [-0.3, -0.25) is 9.52 Å². The van der Waals surface area contributed by atoms with Gasteiger partial charge >= 0.3 is 0 Å². The van der Waals surface area contributed by atoms with E-state index >= 15 is 0 Å². The number of carbonyl (C=O) groups excluding carboxylic acids is 1. The summed E-state index contributed by atoms with van der Waals surface area (Å²) in [5, 5.41) is 2.77. The first-order valence-corrected chi connectivity index (χ1v) is 12.9. The Morgan fingerprint density at radius 2 is 1.43 bits per heavy atom. The van der Waals surface area contributed by atoms with Crippen molar-refractivity contribution in [1.29, 1.82) is 0 Å². The van der Waals surface area contributed by atoms with Crippen molar-refractivity contribution >= 4 is 38.9 Å². The molecule has 0 aliphatic rings. The van der Waals surface area contributed by atoms with Gasteiger partial charge in [-0.15, -0.1) is 0 Å². The maximum absolute atomic E-state index is 12.7. The number of nitrogens with one attached hydrogen (secondary N) is 2. The number of carbonyl (C=O) groups is 1. The van der Waals surface area contributed by atoms with E-state index in [2.05, 4.69) is 10.0 Å². The summed E-state index contributed by atoms with van der Waals surface area (Å²) >= 11 is 6.23. The predicted molar refractivity (Wildman–Crippen MR) is 142 cm³/mol. The molecule has 4 aromatic carbocycles. The van der Waals surface area contributed by atoms with E-state index in [1.165, 1.54) is 25.3 Å². The minimum absolute atomic E-state index is 0.0489. The van der Waals surface area contributed by atoms with Crippen LogP contribution in [-0.4, -0.2) is 28.0 Å². The first-order chi connectivity index (χ1) is 17.8. The van der Waals surface area contributed by atoms with E-state index < -0.39 is 15.9 Å². The van der Waals surface area contributed by atoms with Crippen LogP contribution < -0.4 is 24.2 Å². The highest BCUT2D eigenvalue weighted by Gasteiger charge is 2.17. The molecule has 4 aromatic rings. The van der Waals surface area contributed by atoms with E-state index in [9.17, 15) is 13.2 Å². The van der Waals surface area contributed by atoms with Gasteiger partial charge in [-0.05, 0) is 78.9 Å². The van der Waals surface area contributed by atoms with Gasteiger partial charge in [0, 0.05) is 11.4 Å². The van der Waals surface area contributed by atoms with E-state index in [1.807, 2.05) is 30.3 Å². The van der Waals surface area contributed by atoms with Crippen molar-refractivity contribution in [2.75, 3.05) is 23.8 Å². The fraction of sp³-hybridized carbons (Fsp3) is 0.0741. The summed E-state index contributed by atoms with van der Waals surface area (Å²) in [5.41, 5.74) is 0.930. The number of sulfonamides is 1. The molecule has 0 aromatic heterocycles. The minimum atomic E-state index is -3.89. The Kier molecular flexibility index (Phi) is 8.17. The third kappa shape index (κ3) is 7.16. The van der Waals surface area contributed by atoms with Crippen LogP contribution in [0.15, 0.2) is 102 Å². The zero-order valence-corrected chi connectivity index (χ0v) is 21.3. The van der Waals surface area contributed by atoms with E-state index in [-0.39, 0.29) is 22.3 Å². The van der Waals surface area contributed by atoms with Gasteiger partial charge in [-0.1, -0.05) is 29.8 Å². The molecule has 0 heterocycles. The number of amides is 1. The summed E-state index contributed by atoms with van der Waals surface area (Å²) < 4.78 is 44.2. The van der Waals surface area contributed by atoms with Crippen LogP contribution in [0.4, 0.5) is 11.4 Å². The highest BCUT2D eigenvalue weighted by Crippen LogP contribution is 2.29. The normalized spacial score (nSPS) is 10.9. The number of anilines is 2. The molecule has 4 rings (SSSR count). The molecule has 0 atom stereocenters. The van der Waals surface area contributed by atoms with Crippen molar-refractivity contribution in [3.05, 3.63) is 102 Å². The van der Waals surface area contributed by atoms with Gasteiger partial charge in [0.2, 0.25) is 0 Å². The van der Waals surface area contributed by atoms with Gasteiger partial charge in [0.15, 0.2) is 6.61 Å². The van der Waals surface area contributed by atoms with Crippen molar-refractivity contribution in [3.63, 3.8) is 0 Å². The maximum atomic E-state index is 12.7. The Bertz CT molecular complexity index is 1460. The Morgan fingerprint density at radius 3 is 2.08 bits per heavy atom. The molecule has 0 spiro atoms. The Morgan fingerprint density at radius 1 is 0.811 bits per heavy atom. The van der Waals surface area contributed by atoms with Crippen LogP contribution >= 0.6 is 11.6 Å². The smallest absolute Gasteiger partial charge is 0.262 e. The average molecular weight is 539 g/mol. The molecule has 37 heavy (non-hydrogen) atoms. The third-order valence-corrected chi connectivity index (χ3v) is 6.71. The number of hydrogen-bond donors (Lipinski definition) is 2. The summed E-state index contributed by atoms with van der Waals surface area (Å²) in [6.07, 6.45) is 0. The molecule has 190 valence electrons. The zero-order valence-electron chi connectivity index (χ0n) is 19.7. The summed E-state index contributed by atoms with van der Waals surface area (Å²) in [5.74, 6) is 1.70. The summed E-state index contributed by atoms with van der Waals surface area (Å²) in [4.78, 5) is 12.3. The van der Waals surface area contributed by atoms with Gasteiger partial charge in [0.25, 0.3) is 15.9 Å². The highest BCUT2D eigenvalue weighted by atomic mass is 35.5. The molecule has 0 unspecified atom stereocenters. The fourth-order valence-electron chi connectivity index (χ4n) is 3.21. The van der Waals surface area contributed by atoms with Crippen LogP contribution in [0.2, 0.25) is 5.02 Å². The van der Waals surface area contributed by atoms with Crippen LogP contribution in [0, 0.1) is 0 Å². The van der Waals surface area contributed by atoms with E-state index in [0.29, 0.717) is 28.6 Å². The number of rotatable bonds is 10. The summed E-state index contributed by atoms with van der Waals surface area (Å²) in [6, 6.07) is 26.7. The van der Waals surface area contributed by atoms with Gasteiger partial charge in [0.1, 0.15) is 23.0 Å². The van der Waals surface area contributed by atoms with Crippen LogP contribution in [0.5, 0.6) is 23.0 Å². The van der Waals surface area contributed by atoms with Crippen LogP contribution in [0.1, 0.15) is 0 Å². The molecular formula is C27H23ClN2O6S. The summed E-state index contributed by atoms with van der Waals surface area (Å²) in [6.45, 7) is -0.321. The molecule has 1 amide bonds. The average Bonchev–Trinajstić information content (AvgIpc) is 2.90. The Balaban J connectivity index is 1.31. The van der Waals surface area contributed by atoms with Crippen LogP contribution in [0.25, 0.3) is 0 Å². The second-order valence-corrected chi connectivity index (χ2v) is 9.79. The molecule has 0 aliphatic carbocycles. The van der Waals surface area contributed by atoms with Crippen molar-refractivity contribution < 1.29 is 27.4 Å². The molecular weight excluding hydrogens is 516 g/mol. The van der Waals surface area contributed by atoms with Crippen molar-refractivity contribution in [2.45, 2.75) is 4.90 Å². The van der Waals surface area contributed by atoms with Gasteiger partial charge < -0.3 is 19.5 Å². The largest absolute Gasteiger partial charge is 0.497 e. The molecule has 2 N–H and O–H groups in total. The van der Waals surface area contributed by atoms with Crippen molar-refractivity contribution in [1.82, 2.24) is 0 Å². The first kappa shape index (κ1) is 25.9. The molecule has 10 heteroatoms. The van der Waals surface area contributed by atoms with Gasteiger partial charge in [-0.25, -0.2) is 8.42 Å². The van der Waals surface area contributed by atoms with E-state index in [4.69, 9.17) is 25.8 Å². The minimum Gasteiger partial charge on any atom is -0.497 e. The molecule has 0 saturated heterocycles. The van der Waals surface area contributed by atoms with Gasteiger partial charge in [0.05, 0.1) is 17.0 Å². The fourth-order valence-corrected chi connectivity index (χ4v) is 4.59. The molecule has 0 aliphatic heterocycles. The second kappa shape index (κ2) is 11.7. The lowest BCUT2D eigenvalue weighted by molar-refractivity contribution is -0.118. The standard InChI is InChI=1S/C27H23ClN2O6S/c1-34-21-11-9-20(10-12-21)30-37(32,33)24-15-16-26(25(28)17-24)35-18-27(31)29-19-7-13-23(14-8-19)36-22-5-3-2-4-6-22/h2-17,30H,18H2,1H3,(H,29,31).